The number of benzene rings is 3. The second-order valence-electron chi connectivity index (χ2n) is 7.27. The van der Waals surface area contributed by atoms with Gasteiger partial charge in [-0.05, 0) is 67.6 Å². The Morgan fingerprint density at radius 2 is 1.70 bits per heavy atom. The Bertz CT molecular complexity index is 1330. The maximum Gasteiger partial charge on any atom is 0.140 e. The first-order valence-corrected chi connectivity index (χ1v) is 9.68. The van der Waals surface area contributed by atoms with Gasteiger partial charge in [0, 0.05) is 30.2 Å². The topological polar surface area (TPSA) is 47.7 Å². The maximum absolute atomic E-state index is 13.3. The van der Waals surface area contributed by atoms with Gasteiger partial charge in [0.1, 0.15) is 17.2 Å². The lowest BCUT2D eigenvalue weighted by molar-refractivity contribution is 0.628. The van der Waals surface area contributed by atoms with Gasteiger partial charge >= 0.3 is 0 Å². The summed E-state index contributed by atoms with van der Waals surface area (Å²) in [5.74, 6) is 0.541. The first-order valence-electron chi connectivity index (χ1n) is 9.68. The number of imidazole rings is 2. The Hall–Kier alpha value is -3.93. The van der Waals surface area contributed by atoms with Gasteiger partial charge in [0.05, 0.1) is 23.2 Å². The van der Waals surface area contributed by atoms with E-state index in [9.17, 15) is 4.39 Å². The molecule has 0 aliphatic heterocycles. The van der Waals surface area contributed by atoms with E-state index in [1.807, 2.05) is 78.1 Å². The molecule has 148 valence electrons. The van der Waals surface area contributed by atoms with E-state index < -0.39 is 0 Å². The van der Waals surface area contributed by atoms with Gasteiger partial charge in [0.2, 0.25) is 0 Å². The van der Waals surface area contributed by atoms with Crippen LogP contribution in [0.25, 0.3) is 28.1 Å². The van der Waals surface area contributed by atoms with Crippen molar-refractivity contribution >= 4 is 22.4 Å². The van der Waals surface area contributed by atoms with Crippen LogP contribution < -0.4 is 5.32 Å². The van der Waals surface area contributed by atoms with Crippen molar-refractivity contribution in [1.82, 2.24) is 19.1 Å². The zero-order valence-corrected chi connectivity index (χ0v) is 16.7. The molecule has 0 unspecified atom stereocenters. The van der Waals surface area contributed by atoms with E-state index in [-0.39, 0.29) is 5.82 Å². The third-order valence-electron chi connectivity index (χ3n) is 5.17. The minimum absolute atomic E-state index is 0.255. The third-order valence-corrected chi connectivity index (χ3v) is 5.17. The van der Waals surface area contributed by atoms with Crippen LogP contribution >= 0.6 is 0 Å². The lowest BCUT2D eigenvalue weighted by Gasteiger charge is -2.09. The smallest absolute Gasteiger partial charge is 0.140 e. The average Bonchev–Trinajstić information content (AvgIpc) is 3.34. The summed E-state index contributed by atoms with van der Waals surface area (Å²) < 4.78 is 17.3. The van der Waals surface area contributed by atoms with Crippen molar-refractivity contribution in [2.75, 3.05) is 5.32 Å². The number of aromatic nitrogens is 4. The van der Waals surface area contributed by atoms with E-state index in [4.69, 9.17) is 4.98 Å². The van der Waals surface area contributed by atoms with Crippen molar-refractivity contribution in [3.8, 4) is 17.1 Å². The molecule has 3 aromatic carbocycles. The maximum atomic E-state index is 13.3. The van der Waals surface area contributed by atoms with Gasteiger partial charge in [0.15, 0.2) is 0 Å². The molecule has 0 amide bonds. The van der Waals surface area contributed by atoms with E-state index in [1.54, 1.807) is 12.1 Å². The molecule has 0 aliphatic carbocycles. The van der Waals surface area contributed by atoms with E-state index >= 15 is 0 Å². The van der Waals surface area contributed by atoms with Gasteiger partial charge in [-0.3, -0.25) is 0 Å². The lowest BCUT2D eigenvalue weighted by atomic mass is 10.2. The number of aryl methyl sites for hydroxylation is 2. The Kier molecular flexibility index (Phi) is 4.32. The first-order chi connectivity index (χ1) is 14.6. The van der Waals surface area contributed by atoms with Crippen molar-refractivity contribution in [1.29, 1.82) is 0 Å². The summed E-state index contributed by atoms with van der Waals surface area (Å²) in [4.78, 5) is 9.12. The summed E-state index contributed by atoms with van der Waals surface area (Å²) in [7, 11) is 1.97. The largest absolute Gasteiger partial charge is 0.354 e. The number of hydrogen-bond donors (Lipinski definition) is 1. The Balaban J connectivity index is 1.49. The molecule has 0 spiro atoms. The SMILES string of the molecule is Cc1cn(-c2ccc(Nc3cccc4c3nc(-c3ccc(F)cc3)n4C)cc2)cn1. The molecule has 2 aromatic heterocycles. The molecule has 1 N–H and O–H groups in total. The molecule has 0 bridgehead atoms. The van der Waals surface area contributed by atoms with Crippen LogP contribution in [0, 0.1) is 12.7 Å². The number of nitrogens with zero attached hydrogens (tertiary/aromatic N) is 4. The fourth-order valence-corrected chi connectivity index (χ4v) is 3.61. The summed E-state index contributed by atoms with van der Waals surface area (Å²) in [6, 6.07) is 20.6. The highest BCUT2D eigenvalue weighted by atomic mass is 19.1. The number of rotatable bonds is 4. The average molecular weight is 397 g/mol. The monoisotopic (exact) mass is 397 g/mol. The van der Waals surface area contributed by atoms with Crippen LogP contribution in [0.3, 0.4) is 0 Å². The Morgan fingerprint density at radius 1 is 0.933 bits per heavy atom. The van der Waals surface area contributed by atoms with Crippen LogP contribution in [-0.4, -0.2) is 19.1 Å². The number of halogens is 1. The van der Waals surface area contributed by atoms with E-state index in [2.05, 4.69) is 10.3 Å². The van der Waals surface area contributed by atoms with Crippen molar-refractivity contribution in [3.63, 3.8) is 0 Å². The first kappa shape index (κ1) is 18.1. The van der Waals surface area contributed by atoms with Crippen molar-refractivity contribution < 1.29 is 4.39 Å². The predicted octanol–water partition coefficient (Wildman–Crippen LogP) is 5.62. The van der Waals surface area contributed by atoms with Gasteiger partial charge in [-0.25, -0.2) is 14.4 Å². The standard InChI is InChI=1S/C24H20FN5/c1-16-14-30(15-26-16)20-12-10-19(11-13-20)27-21-4-3-5-22-23(21)28-24(29(22)2)17-6-8-18(25)9-7-17/h3-15,27H,1-2H3. The molecule has 0 radical (unpaired) electrons. The van der Waals surface area contributed by atoms with Crippen LogP contribution in [0.15, 0.2) is 79.3 Å². The van der Waals surface area contributed by atoms with Crippen molar-refractivity contribution in [2.24, 2.45) is 7.05 Å². The molecule has 5 nitrogen and oxygen atoms in total. The van der Waals surface area contributed by atoms with Gasteiger partial charge in [0.25, 0.3) is 0 Å². The molecule has 2 heterocycles. The number of fused-ring (bicyclic) bond motifs is 1. The molecule has 0 aliphatic rings. The summed E-state index contributed by atoms with van der Waals surface area (Å²) >= 11 is 0. The molecule has 0 fully saturated rings. The molecular formula is C24H20FN5. The molecule has 6 heteroatoms. The zero-order chi connectivity index (χ0) is 20.7. The van der Waals surface area contributed by atoms with Crippen LogP contribution in [0.1, 0.15) is 5.69 Å². The van der Waals surface area contributed by atoms with Crippen LogP contribution in [0.5, 0.6) is 0 Å². The number of anilines is 2. The minimum atomic E-state index is -0.255. The highest BCUT2D eigenvalue weighted by molar-refractivity contribution is 5.93. The van der Waals surface area contributed by atoms with E-state index in [0.717, 1.165) is 45.2 Å². The molecule has 5 rings (SSSR count). The van der Waals surface area contributed by atoms with Crippen molar-refractivity contribution in [2.45, 2.75) is 6.92 Å². The number of para-hydroxylation sites is 1. The highest BCUT2D eigenvalue weighted by Crippen LogP contribution is 2.30. The van der Waals surface area contributed by atoms with Crippen LogP contribution in [0.2, 0.25) is 0 Å². The van der Waals surface area contributed by atoms with E-state index in [1.165, 1.54) is 12.1 Å². The Morgan fingerprint density at radius 3 is 2.40 bits per heavy atom. The summed E-state index contributed by atoms with van der Waals surface area (Å²) in [5, 5.41) is 3.47. The quantitative estimate of drug-likeness (QED) is 0.428. The van der Waals surface area contributed by atoms with E-state index in [0.29, 0.717) is 0 Å². The molecule has 0 saturated carbocycles. The molecule has 5 aromatic rings. The lowest BCUT2D eigenvalue weighted by Crippen LogP contribution is -1.94. The number of hydrogen-bond acceptors (Lipinski definition) is 3. The summed E-state index contributed by atoms with van der Waals surface area (Å²) in [6.07, 6.45) is 3.80. The molecule has 0 saturated heterocycles. The fraction of sp³-hybridized carbons (Fsp3) is 0.0833. The van der Waals surface area contributed by atoms with Crippen molar-refractivity contribution in [3.05, 3.63) is 90.8 Å². The second-order valence-corrected chi connectivity index (χ2v) is 7.27. The molecule has 0 atom stereocenters. The van der Waals surface area contributed by atoms with Gasteiger partial charge < -0.3 is 14.5 Å². The minimum Gasteiger partial charge on any atom is -0.354 e. The third kappa shape index (κ3) is 3.22. The molecule has 30 heavy (non-hydrogen) atoms. The van der Waals surface area contributed by atoms with Gasteiger partial charge in [-0.2, -0.15) is 0 Å². The molecular weight excluding hydrogens is 377 g/mol. The van der Waals surface area contributed by atoms with Crippen LogP contribution in [0.4, 0.5) is 15.8 Å². The zero-order valence-electron chi connectivity index (χ0n) is 16.7. The number of nitrogens with one attached hydrogen (secondary N) is 1. The van der Waals surface area contributed by atoms with Gasteiger partial charge in [-0.1, -0.05) is 6.07 Å². The normalized spacial score (nSPS) is 11.2. The predicted molar refractivity (Wildman–Crippen MR) is 118 cm³/mol. The Labute approximate surface area is 173 Å². The van der Waals surface area contributed by atoms with Crippen LogP contribution in [-0.2, 0) is 7.05 Å². The fourth-order valence-electron chi connectivity index (χ4n) is 3.61. The summed E-state index contributed by atoms with van der Waals surface area (Å²) in [6.45, 7) is 1.97. The second kappa shape index (κ2) is 7.15. The summed E-state index contributed by atoms with van der Waals surface area (Å²) in [5.41, 5.74) is 6.67. The van der Waals surface area contributed by atoms with Gasteiger partial charge in [-0.15, -0.1) is 0 Å². The highest BCUT2D eigenvalue weighted by Gasteiger charge is 2.13.